The number of hydrogen-bond acceptors (Lipinski definition) is 3. The minimum atomic E-state index is 0.554. The Bertz CT molecular complexity index is 964. The molecule has 0 unspecified atom stereocenters. The van der Waals surface area contributed by atoms with Gasteiger partial charge in [-0.15, -0.1) is 0 Å². The van der Waals surface area contributed by atoms with Crippen LogP contribution < -0.4 is 4.90 Å². The first-order valence-corrected chi connectivity index (χ1v) is 9.44. The lowest BCUT2D eigenvalue weighted by molar-refractivity contribution is 0.188. The Hall–Kier alpha value is -2.04. The van der Waals surface area contributed by atoms with Crippen LogP contribution in [-0.2, 0) is 24.2 Å². The van der Waals surface area contributed by atoms with Crippen LogP contribution in [0.4, 0.5) is 5.82 Å². The molecule has 0 fully saturated rings. The highest BCUT2D eigenvalue weighted by atomic mass is 35.5. The van der Waals surface area contributed by atoms with Gasteiger partial charge in [-0.2, -0.15) is 0 Å². The van der Waals surface area contributed by atoms with Crippen molar-refractivity contribution in [1.29, 1.82) is 0 Å². The Morgan fingerprint density at radius 2 is 1.96 bits per heavy atom. The third-order valence-electron chi connectivity index (χ3n) is 5.51. The number of rotatable bonds is 4. The number of anilines is 1. The molecule has 26 heavy (non-hydrogen) atoms. The summed E-state index contributed by atoms with van der Waals surface area (Å²) in [6, 6.07) is 10.7. The van der Waals surface area contributed by atoms with Crippen LogP contribution in [0.5, 0.6) is 0 Å². The maximum Gasteiger partial charge on any atom is 0.155 e. The monoisotopic (exact) mass is 369 g/mol. The largest absolute Gasteiger partial charge is 0.383 e. The first kappa shape index (κ1) is 17.4. The van der Waals surface area contributed by atoms with Crippen molar-refractivity contribution in [3.8, 4) is 0 Å². The summed E-state index contributed by atoms with van der Waals surface area (Å²) in [5.41, 5.74) is 6.49. The smallest absolute Gasteiger partial charge is 0.155 e. The van der Waals surface area contributed by atoms with Gasteiger partial charge in [0, 0.05) is 37.8 Å². The Labute approximate surface area is 159 Å². The highest BCUT2D eigenvalue weighted by Gasteiger charge is 2.23. The molecule has 3 heterocycles. The standard InChI is InChI=1S/C21H24ClN3O/c1-14-15(2)25(10-11-26-3)20-18(14)12-19(22)23-21(20)24-9-8-16-6-4-5-7-17(16)13-24/h4-7,12H,8-11,13H2,1-3H3. The van der Waals surface area contributed by atoms with Crippen LogP contribution in [0.25, 0.3) is 10.9 Å². The van der Waals surface area contributed by atoms with E-state index in [9.17, 15) is 0 Å². The van der Waals surface area contributed by atoms with Gasteiger partial charge in [0.1, 0.15) is 5.15 Å². The molecule has 0 N–H and O–H groups in total. The van der Waals surface area contributed by atoms with Gasteiger partial charge < -0.3 is 14.2 Å². The second-order valence-electron chi connectivity index (χ2n) is 6.96. The molecule has 1 aliphatic heterocycles. The number of aryl methyl sites for hydroxylation is 1. The topological polar surface area (TPSA) is 30.3 Å². The molecule has 136 valence electrons. The van der Waals surface area contributed by atoms with Gasteiger partial charge >= 0.3 is 0 Å². The minimum absolute atomic E-state index is 0.554. The summed E-state index contributed by atoms with van der Waals surface area (Å²) in [6.45, 7) is 7.63. The summed E-state index contributed by atoms with van der Waals surface area (Å²) in [7, 11) is 1.74. The van der Waals surface area contributed by atoms with Crippen molar-refractivity contribution in [2.45, 2.75) is 33.4 Å². The van der Waals surface area contributed by atoms with Crippen molar-refractivity contribution >= 4 is 28.3 Å². The van der Waals surface area contributed by atoms with Crippen LogP contribution in [-0.4, -0.2) is 29.8 Å². The van der Waals surface area contributed by atoms with Crippen molar-refractivity contribution < 1.29 is 4.74 Å². The maximum absolute atomic E-state index is 6.41. The fraction of sp³-hybridized carbons (Fsp3) is 0.381. The predicted octanol–water partition coefficient (Wildman–Crippen LogP) is 4.52. The minimum Gasteiger partial charge on any atom is -0.383 e. The second-order valence-corrected chi connectivity index (χ2v) is 7.35. The third kappa shape index (κ3) is 2.87. The lowest BCUT2D eigenvalue weighted by Crippen LogP contribution is -2.31. The fourth-order valence-corrected chi connectivity index (χ4v) is 4.16. The van der Waals surface area contributed by atoms with E-state index in [0.29, 0.717) is 11.8 Å². The summed E-state index contributed by atoms with van der Waals surface area (Å²) in [5.74, 6) is 0.981. The first-order valence-electron chi connectivity index (χ1n) is 9.06. The lowest BCUT2D eigenvalue weighted by atomic mass is 10.00. The molecule has 0 bridgehead atoms. The van der Waals surface area contributed by atoms with E-state index < -0.39 is 0 Å². The molecule has 0 amide bonds. The van der Waals surface area contributed by atoms with E-state index in [0.717, 1.165) is 31.9 Å². The van der Waals surface area contributed by atoms with Crippen molar-refractivity contribution in [2.24, 2.45) is 0 Å². The number of pyridine rings is 1. The normalized spacial score (nSPS) is 14.1. The van der Waals surface area contributed by atoms with E-state index in [-0.39, 0.29) is 0 Å². The summed E-state index contributed by atoms with van der Waals surface area (Å²) in [4.78, 5) is 7.11. The van der Waals surface area contributed by atoms with Crippen molar-refractivity contribution in [2.75, 3.05) is 25.2 Å². The lowest BCUT2D eigenvalue weighted by Gasteiger charge is -2.30. The molecule has 1 aliphatic rings. The van der Waals surface area contributed by atoms with Crippen LogP contribution in [0.1, 0.15) is 22.4 Å². The van der Waals surface area contributed by atoms with E-state index in [1.54, 1.807) is 7.11 Å². The maximum atomic E-state index is 6.41. The molecule has 0 saturated heterocycles. The Morgan fingerprint density at radius 3 is 2.73 bits per heavy atom. The van der Waals surface area contributed by atoms with E-state index in [1.807, 2.05) is 6.07 Å². The average molecular weight is 370 g/mol. The summed E-state index contributed by atoms with van der Waals surface area (Å²) >= 11 is 6.41. The van der Waals surface area contributed by atoms with Crippen LogP contribution in [0.15, 0.2) is 30.3 Å². The van der Waals surface area contributed by atoms with Crippen LogP contribution in [0.3, 0.4) is 0 Å². The molecule has 2 aromatic heterocycles. The number of nitrogens with zero attached hydrogens (tertiary/aromatic N) is 3. The van der Waals surface area contributed by atoms with E-state index in [1.165, 1.54) is 33.3 Å². The third-order valence-corrected chi connectivity index (χ3v) is 5.71. The SMILES string of the molecule is COCCn1c(C)c(C)c2cc(Cl)nc(N3CCc4ccccc4C3)c21. The highest BCUT2D eigenvalue weighted by molar-refractivity contribution is 6.30. The van der Waals surface area contributed by atoms with Gasteiger partial charge in [-0.25, -0.2) is 4.98 Å². The van der Waals surface area contributed by atoms with Gasteiger partial charge in [0.05, 0.1) is 12.1 Å². The number of ether oxygens (including phenoxy) is 1. The summed E-state index contributed by atoms with van der Waals surface area (Å²) in [6.07, 6.45) is 1.03. The molecule has 0 saturated carbocycles. The Kier molecular flexibility index (Phi) is 4.63. The molecule has 0 radical (unpaired) electrons. The zero-order valence-corrected chi connectivity index (χ0v) is 16.3. The second kappa shape index (κ2) is 6.93. The van der Waals surface area contributed by atoms with Gasteiger partial charge in [-0.05, 0) is 43.0 Å². The van der Waals surface area contributed by atoms with Crippen molar-refractivity contribution in [3.05, 3.63) is 57.9 Å². The average Bonchev–Trinajstić information content (AvgIpc) is 2.90. The van der Waals surface area contributed by atoms with Gasteiger partial charge in [0.2, 0.25) is 0 Å². The van der Waals surface area contributed by atoms with Crippen molar-refractivity contribution in [3.63, 3.8) is 0 Å². The number of benzene rings is 1. The van der Waals surface area contributed by atoms with E-state index in [4.69, 9.17) is 21.3 Å². The number of methoxy groups -OCH3 is 1. The number of fused-ring (bicyclic) bond motifs is 2. The molecule has 3 aromatic rings. The van der Waals surface area contributed by atoms with Crippen LogP contribution in [0.2, 0.25) is 5.15 Å². The predicted molar refractivity (Wildman–Crippen MR) is 107 cm³/mol. The molecule has 1 aromatic carbocycles. The van der Waals surface area contributed by atoms with Gasteiger partial charge in [0.15, 0.2) is 5.82 Å². The molecule has 5 heteroatoms. The molecule has 0 spiro atoms. The summed E-state index contributed by atoms with van der Waals surface area (Å²) in [5, 5.41) is 1.74. The van der Waals surface area contributed by atoms with E-state index in [2.05, 4.69) is 47.6 Å². The van der Waals surface area contributed by atoms with Crippen LogP contribution in [0, 0.1) is 13.8 Å². The van der Waals surface area contributed by atoms with Crippen molar-refractivity contribution in [1.82, 2.24) is 9.55 Å². The summed E-state index contributed by atoms with van der Waals surface area (Å²) < 4.78 is 7.66. The molecular weight excluding hydrogens is 346 g/mol. The molecular formula is C21H24ClN3O. The molecule has 4 nitrogen and oxygen atoms in total. The number of halogens is 1. The number of hydrogen-bond donors (Lipinski definition) is 0. The highest BCUT2D eigenvalue weighted by Crippen LogP contribution is 2.35. The van der Waals surface area contributed by atoms with Gasteiger partial charge in [0.25, 0.3) is 0 Å². The van der Waals surface area contributed by atoms with Gasteiger partial charge in [-0.1, -0.05) is 35.9 Å². The Balaban J connectivity index is 1.86. The van der Waals surface area contributed by atoms with Gasteiger partial charge in [-0.3, -0.25) is 0 Å². The van der Waals surface area contributed by atoms with E-state index >= 15 is 0 Å². The molecule has 0 aliphatic carbocycles. The Morgan fingerprint density at radius 1 is 1.19 bits per heavy atom. The zero-order chi connectivity index (χ0) is 18.3. The van der Waals surface area contributed by atoms with Crippen LogP contribution >= 0.6 is 11.6 Å². The zero-order valence-electron chi connectivity index (χ0n) is 15.6. The quantitative estimate of drug-likeness (QED) is 0.633. The fourth-order valence-electron chi connectivity index (χ4n) is 3.97. The molecule has 4 rings (SSSR count). The number of aromatic nitrogens is 2. The molecule has 0 atom stereocenters. The first-order chi connectivity index (χ1) is 12.6.